The molecule has 23 heavy (non-hydrogen) atoms. The zero-order valence-corrected chi connectivity index (χ0v) is 18.2. The monoisotopic (exact) mass is 455 g/mol. The average molecular weight is 456 g/mol. The largest absolute Gasteiger partial charge is 0.357 e. The van der Waals surface area contributed by atoms with Gasteiger partial charge in [-0.3, -0.25) is 4.99 Å². The maximum absolute atomic E-state index is 6.04. The van der Waals surface area contributed by atoms with E-state index in [4.69, 9.17) is 11.6 Å². The van der Waals surface area contributed by atoms with Gasteiger partial charge in [0, 0.05) is 44.6 Å². The lowest BCUT2D eigenvalue weighted by atomic mass is 10.1. The van der Waals surface area contributed by atoms with Gasteiger partial charge in [0.1, 0.15) is 0 Å². The lowest BCUT2D eigenvalue weighted by molar-refractivity contribution is 0.429. The molecule has 0 aliphatic heterocycles. The molecule has 0 aromatic carbocycles. The molecule has 0 radical (unpaired) electrons. The van der Waals surface area contributed by atoms with Crippen molar-refractivity contribution in [2.45, 2.75) is 39.8 Å². The third-order valence-electron chi connectivity index (χ3n) is 3.20. The number of hydrogen-bond acceptors (Lipinski definition) is 2. The Morgan fingerprint density at radius 1 is 1.39 bits per heavy atom. The van der Waals surface area contributed by atoms with Crippen LogP contribution in [-0.2, 0) is 13.6 Å². The van der Waals surface area contributed by atoms with Crippen molar-refractivity contribution in [3.8, 4) is 0 Å². The maximum Gasteiger partial charge on any atom is 0.194 e. The van der Waals surface area contributed by atoms with E-state index < -0.39 is 0 Å². The highest BCUT2D eigenvalue weighted by Gasteiger charge is 2.10. The molecule has 0 saturated carbocycles. The Balaban J connectivity index is 0.00000484. The van der Waals surface area contributed by atoms with Crippen molar-refractivity contribution in [3.05, 3.63) is 23.0 Å². The fourth-order valence-corrected chi connectivity index (χ4v) is 2.38. The van der Waals surface area contributed by atoms with Crippen LogP contribution in [0, 0.1) is 0 Å². The first-order valence-corrected chi connectivity index (χ1v) is 8.16. The molecule has 1 aromatic heterocycles. The Bertz CT molecular complexity index is 493. The predicted molar refractivity (Wildman–Crippen MR) is 111 cm³/mol. The third kappa shape index (κ3) is 8.81. The summed E-state index contributed by atoms with van der Waals surface area (Å²) in [6.45, 7) is 11.8. The normalized spacial score (nSPS) is 12.0. The predicted octanol–water partition coefficient (Wildman–Crippen LogP) is 3.08. The van der Waals surface area contributed by atoms with E-state index in [1.807, 2.05) is 30.9 Å². The van der Waals surface area contributed by atoms with Gasteiger partial charge in [-0.2, -0.15) is 0 Å². The fraction of sp³-hybridized carbons (Fsp3) is 0.688. The van der Waals surface area contributed by atoms with Crippen LogP contribution < -0.4 is 10.6 Å². The minimum absolute atomic E-state index is 0. The number of guanidine groups is 1. The summed E-state index contributed by atoms with van der Waals surface area (Å²) >= 11 is 6.04. The SMILES string of the molecule is CCNC(=NCCNC(C)(C)C)N(C)Cc1cc(Cl)cn1C.I. The number of aryl methyl sites for hydroxylation is 1. The number of nitrogens with zero attached hydrogens (tertiary/aromatic N) is 3. The average Bonchev–Trinajstić information content (AvgIpc) is 2.70. The van der Waals surface area contributed by atoms with Crippen LogP contribution in [0.4, 0.5) is 0 Å². The summed E-state index contributed by atoms with van der Waals surface area (Å²) in [4.78, 5) is 6.79. The second kappa shape index (κ2) is 10.4. The zero-order valence-electron chi connectivity index (χ0n) is 15.1. The summed E-state index contributed by atoms with van der Waals surface area (Å²) in [7, 11) is 4.05. The standard InChI is InChI=1S/C16H30ClN5.HI/c1-7-18-15(19-8-9-20-16(2,3)4)22(6)12-14-10-13(17)11-21(14)5;/h10-11,20H,7-9,12H2,1-6H3,(H,18,19);1H. The molecule has 0 aliphatic carbocycles. The molecule has 1 rings (SSSR count). The van der Waals surface area contributed by atoms with Crippen LogP contribution >= 0.6 is 35.6 Å². The molecule has 0 aliphatic rings. The van der Waals surface area contributed by atoms with Gasteiger partial charge >= 0.3 is 0 Å². The molecule has 0 unspecified atom stereocenters. The Kier molecular flexibility index (Phi) is 10.2. The quantitative estimate of drug-likeness (QED) is 0.300. The molecule has 1 aromatic rings. The lowest BCUT2D eigenvalue weighted by Crippen LogP contribution is -2.40. The van der Waals surface area contributed by atoms with Gasteiger partial charge in [-0.15, -0.1) is 24.0 Å². The highest BCUT2D eigenvalue weighted by atomic mass is 127. The van der Waals surface area contributed by atoms with Crippen LogP contribution in [0.1, 0.15) is 33.4 Å². The first-order valence-electron chi connectivity index (χ1n) is 7.78. The van der Waals surface area contributed by atoms with Gasteiger partial charge in [-0.05, 0) is 33.8 Å². The fourth-order valence-electron chi connectivity index (χ4n) is 2.10. The lowest BCUT2D eigenvalue weighted by Gasteiger charge is -2.23. The molecule has 2 N–H and O–H groups in total. The van der Waals surface area contributed by atoms with Crippen LogP contribution in [0.25, 0.3) is 0 Å². The number of nitrogens with one attached hydrogen (secondary N) is 2. The van der Waals surface area contributed by atoms with E-state index in [-0.39, 0.29) is 29.5 Å². The van der Waals surface area contributed by atoms with E-state index in [2.05, 4.69) is 48.2 Å². The van der Waals surface area contributed by atoms with E-state index in [1.165, 1.54) is 0 Å². The molecule has 0 atom stereocenters. The molecular formula is C16H31ClIN5. The number of halogens is 2. The Morgan fingerprint density at radius 2 is 2.04 bits per heavy atom. The molecule has 134 valence electrons. The molecule has 0 saturated heterocycles. The van der Waals surface area contributed by atoms with Gasteiger partial charge in [-0.1, -0.05) is 11.6 Å². The van der Waals surface area contributed by atoms with E-state index in [0.717, 1.165) is 42.9 Å². The summed E-state index contributed by atoms with van der Waals surface area (Å²) in [6, 6.07) is 1.99. The number of rotatable bonds is 6. The summed E-state index contributed by atoms with van der Waals surface area (Å²) in [5.41, 5.74) is 1.28. The highest BCUT2D eigenvalue weighted by Crippen LogP contribution is 2.14. The van der Waals surface area contributed by atoms with Crippen LogP contribution in [0.2, 0.25) is 5.02 Å². The second-order valence-electron chi connectivity index (χ2n) is 6.53. The molecule has 0 amide bonds. The summed E-state index contributed by atoms with van der Waals surface area (Å²) in [5, 5.41) is 7.54. The molecule has 5 nitrogen and oxygen atoms in total. The van der Waals surface area contributed by atoms with Crippen LogP contribution in [-0.4, -0.2) is 47.6 Å². The highest BCUT2D eigenvalue weighted by molar-refractivity contribution is 14.0. The Labute approximate surface area is 162 Å². The number of aliphatic imine (C=N–C) groups is 1. The first-order chi connectivity index (χ1) is 10.2. The van der Waals surface area contributed by atoms with E-state index >= 15 is 0 Å². The minimum atomic E-state index is 0. The van der Waals surface area contributed by atoms with E-state index in [9.17, 15) is 0 Å². The molecule has 7 heteroatoms. The number of hydrogen-bond donors (Lipinski definition) is 2. The van der Waals surface area contributed by atoms with Gasteiger partial charge in [-0.25, -0.2) is 0 Å². The summed E-state index contributed by atoms with van der Waals surface area (Å²) < 4.78 is 2.05. The van der Waals surface area contributed by atoms with Crippen molar-refractivity contribution < 1.29 is 0 Å². The zero-order chi connectivity index (χ0) is 16.8. The van der Waals surface area contributed by atoms with E-state index in [0.29, 0.717) is 0 Å². The van der Waals surface area contributed by atoms with Crippen molar-refractivity contribution in [2.24, 2.45) is 12.0 Å². The van der Waals surface area contributed by atoms with Crippen molar-refractivity contribution >= 4 is 41.5 Å². The van der Waals surface area contributed by atoms with Gasteiger partial charge in [0.25, 0.3) is 0 Å². The smallest absolute Gasteiger partial charge is 0.194 e. The summed E-state index contributed by atoms with van der Waals surface area (Å²) in [6.07, 6.45) is 1.92. The van der Waals surface area contributed by atoms with Crippen molar-refractivity contribution in [3.63, 3.8) is 0 Å². The van der Waals surface area contributed by atoms with Gasteiger partial charge in [0.05, 0.1) is 18.1 Å². The molecule has 0 spiro atoms. The molecule has 0 bridgehead atoms. The summed E-state index contributed by atoms with van der Waals surface area (Å²) in [5.74, 6) is 0.913. The third-order valence-corrected chi connectivity index (χ3v) is 3.41. The van der Waals surface area contributed by atoms with Crippen molar-refractivity contribution in [1.82, 2.24) is 20.1 Å². The maximum atomic E-state index is 6.04. The van der Waals surface area contributed by atoms with Crippen molar-refractivity contribution in [1.29, 1.82) is 0 Å². The van der Waals surface area contributed by atoms with Gasteiger partial charge in [0.2, 0.25) is 0 Å². The van der Waals surface area contributed by atoms with Gasteiger partial charge in [0.15, 0.2) is 5.96 Å². The van der Waals surface area contributed by atoms with Gasteiger partial charge < -0.3 is 20.1 Å². The minimum Gasteiger partial charge on any atom is -0.357 e. The number of aromatic nitrogens is 1. The topological polar surface area (TPSA) is 44.6 Å². The Morgan fingerprint density at radius 3 is 2.52 bits per heavy atom. The Hall–Kier alpha value is -0.470. The molecule has 0 fully saturated rings. The van der Waals surface area contributed by atoms with Crippen LogP contribution in [0.5, 0.6) is 0 Å². The van der Waals surface area contributed by atoms with Crippen molar-refractivity contribution in [2.75, 3.05) is 26.7 Å². The van der Waals surface area contributed by atoms with Crippen LogP contribution in [0.3, 0.4) is 0 Å². The molecule has 1 heterocycles. The van der Waals surface area contributed by atoms with Crippen LogP contribution in [0.15, 0.2) is 17.3 Å². The van der Waals surface area contributed by atoms with E-state index in [1.54, 1.807) is 0 Å². The molecular weight excluding hydrogens is 425 g/mol. The first kappa shape index (κ1) is 22.5. The second-order valence-corrected chi connectivity index (χ2v) is 6.97.